The fraction of sp³-hybridized carbons (Fsp3) is 0. The summed E-state index contributed by atoms with van der Waals surface area (Å²) >= 11 is 1.88. The average Bonchev–Trinajstić information content (AvgIpc) is 3.83. The Morgan fingerprint density at radius 2 is 0.965 bits per heavy atom. The van der Waals surface area contributed by atoms with Crippen LogP contribution in [0.5, 0.6) is 0 Å². The Kier molecular flexibility index (Phi) is 8.04. The van der Waals surface area contributed by atoms with E-state index in [0.29, 0.717) is 0 Å². The Bertz CT molecular complexity index is 3230. The largest absolute Gasteiger partial charge is 0.310 e. The quantitative estimate of drug-likeness (QED) is 0.158. The summed E-state index contributed by atoms with van der Waals surface area (Å²) in [7, 11) is 0. The number of rotatable bonds is 7. The van der Waals surface area contributed by atoms with Crippen molar-refractivity contribution in [2.75, 3.05) is 4.90 Å². The molecule has 0 aliphatic carbocycles. The normalized spacial score (nSPS) is 11.5. The van der Waals surface area contributed by atoms with Crippen LogP contribution in [0.15, 0.2) is 218 Å². The van der Waals surface area contributed by atoms with Gasteiger partial charge < -0.3 is 9.47 Å². The van der Waals surface area contributed by atoms with Gasteiger partial charge in [0.2, 0.25) is 0 Å². The predicted octanol–water partition coefficient (Wildman–Crippen LogP) is 15.6. The molecule has 0 saturated carbocycles. The van der Waals surface area contributed by atoms with Gasteiger partial charge in [-0.3, -0.25) is 0 Å². The first-order chi connectivity index (χ1) is 28.3. The molecule has 0 saturated heterocycles. The van der Waals surface area contributed by atoms with Crippen molar-refractivity contribution < 1.29 is 0 Å². The molecule has 0 unspecified atom stereocenters. The first-order valence-electron chi connectivity index (χ1n) is 19.4. The third-order valence-corrected chi connectivity index (χ3v) is 12.4. The van der Waals surface area contributed by atoms with Gasteiger partial charge in [-0.1, -0.05) is 158 Å². The topological polar surface area (TPSA) is 8.17 Å². The summed E-state index contributed by atoms with van der Waals surface area (Å²) in [5, 5.41) is 5.12. The van der Waals surface area contributed by atoms with E-state index in [4.69, 9.17) is 0 Å². The highest BCUT2D eigenvalue weighted by Gasteiger charge is 2.20. The van der Waals surface area contributed by atoms with Gasteiger partial charge in [-0.05, 0) is 88.5 Å². The summed E-state index contributed by atoms with van der Waals surface area (Å²) in [6.07, 6.45) is 0. The fourth-order valence-electron chi connectivity index (χ4n) is 8.55. The lowest BCUT2D eigenvalue weighted by Crippen LogP contribution is -2.11. The number of para-hydroxylation sites is 3. The molecular weight excluding hydrogens is 709 g/mol. The van der Waals surface area contributed by atoms with Crippen molar-refractivity contribution in [2.45, 2.75) is 0 Å². The van der Waals surface area contributed by atoms with Crippen molar-refractivity contribution in [3.8, 4) is 39.1 Å². The Balaban J connectivity index is 1.05. The molecule has 0 atom stereocenters. The predicted molar refractivity (Wildman–Crippen MR) is 245 cm³/mol. The molecule has 9 aromatic carbocycles. The average molecular weight is 745 g/mol. The van der Waals surface area contributed by atoms with E-state index in [0.717, 1.165) is 22.7 Å². The van der Waals surface area contributed by atoms with E-state index in [1.165, 1.54) is 75.4 Å². The molecule has 0 aliphatic heterocycles. The van der Waals surface area contributed by atoms with E-state index in [-0.39, 0.29) is 0 Å². The van der Waals surface area contributed by atoms with Crippen LogP contribution in [-0.4, -0.2) is 4.57 Å². The van der Waals surface area contributed by atoms with Gasteiger partial charge in [0, 0.05) is 53.6 Å². The molecule has 0 fully saturated rings. The molecule has 3 heteroatoms. The van der Waals surface area contributed by atoms with Crippen LogP contribution >= 0.6 is 11.3 Å². The van der Waals surface area contributed by atoms with Crippen molar-refractivity contribution in [3.63, 3.8) is 0 Å². The number of hydrogen-bond acceptors (Lipinski definition) is 2. The van der Waals surface area contributed by atoms with E-state index in [1.54, 1.807) is 0 Å². The molecule has 0 amide bonds. The maximum Gasteiger partial charge on any atom is 0.0561 e. The lowest BCUT2D eigenvalue weighted by molar-refractivity contribution is 1.18. The molecule has 0 radical (unpaired) electrons. The Morgan fingerprint density at radius 3 is 1.82 bits per heavy atom. The summed E-state index contributed by atoms with van der Waals surface area (Å²) in [5.74, 6) is 0. The van der Waals surface area contributed by atoms with Gasteiger partial charge in [0.25, 0.3) is 0 Å². The van der Waals surface area contributed by atoms with E-state index in [2.05, 4.69) is 228 Å². The molecule has 268 valence electrons. The van der Waals surface area contributed by atoms with E-state index < -0.39 is 0 Å². The minimum Gasteiger partial charge on any atom is -0.310 e. The summed E-state index contributed by atoms with van der Waals surface area (Å²) in [4.78, 5) is 2.41. The number of thiophene rings is 1. The molecule has 0 spiro atoms. The second kappa shape index (κ2) is 13.8. The van der Waals surface area contributed by atoms with Gasteiger partial charge >= 0.3 is 0 Å². The minimum atomic E-state index is 1.09. The molecule has 0 aliphatic rings. The Morgan fingerprint density at radius 1 is 0.351 bits per heavy atom. The van der Waals surface area contributed by atoms with Gasteiger partial charge in [-0.15, -0.1) is 11.3 Å². The van der Waals surface area contributed by atoms with Crippen molar-refractivity contribution in [1.82, 2.24) is 4.57 Å². The molecular formula is C54H36N2S. The van der Waals surface area contributed by atoms with E-state index in [9.17, 15) is 0 Å². The van der Waals surface area contributed by atoms with Gasteiger partial charge in [-0.2, -0.15) is 0 Å². The summed E-state index contributed by atoms with van der Waals surface area (Å²) in [6, 6.07) is 79.3. The maximum atomic E-state index is 2.41. The molecule has 57 heavy (non-hydrogen) atoms. The number of anilines is 3. The summed E-state index contributed by atoms with van der Waals surface area (Å²) < 4.78 is 5.05. The van der Waals surface area contributed by atoms with Crippen LogP contribution in [0, 0.1) is 0 Å². The van der Waals surface area contributed by atoms with Gasteiger partial charge in [0.05, 0.1) is 16.7 Å². The second-order valence-electron chi connectivity index (χ2n) is 14.5. The number of hydrogen-bond donors (Lipinski definition) is 0. The van der Waals surface area contributed by atoms with E-state index in [1.807, 2.05) is 11.3 Å². The van der Waals surface area contributed by atoms with Gasteiger partial charge in [-0.25, -0.2) is 0 Å². The number of fused-ring (bicyclic) bond motifs is 6. The zero-order valence-corrected chi connectivity index (χ0v) is 31.9. The van der Waals surface area contributed by atoms with Crippen LogP contribution in [0.1, 0.15) is 0 Å². The minimum absolute atomic E-state index is 1.09. The van der Waals surface area contributed by atoms with Crippen LogP contribution in [0.4, 0.5) is 17.1 Å². The molecule has 11 aromatic rings. The van der Waals surface area contributed by atoms with Crippen LogP contribution < -0.4 is 4.90 Å². The molecule has 0 bridgehead atoms. The number of nitrogens with zero attached hydrogens (tertiary/aromatic N) is 2. The first-order valence-corrected chi connectivity index (χ1v) is 20.2. The fourth-order valence-corrected chi connectivity index (χ4v) is 9.79. The highest BCUT2D eigenvalue weighted by atomic mass is 32.1. The van der Waals surface area contributed by atoms with Crippen LogP contribution in [0.25, 0.3) is 81.0 Å². The molecule has 2 aromatic heterocycles. The highest BCUT2D eigenvalue weighted by molar-refractivity contribution is 7.26. The Hall–Kier alpha value is -7.20. The van der Waals surface area contributed by atoms with Gasteiger partial charge in [0.15, 0.2) is 0 Å². The standard InChI is InChI=1S/C54H36N2S/c1-3-15-38(16-4-1)44-21-7-10-26-50(44)55(43-33-34-47-46-22-8-11-27-51(46)56(52(47)36-43)41-19-5-2-6-20-41)42-31-29-37(30-32-42)39-17-13-18-40(35-39)45-24-14-25-49-48-23-9-12-28-53(48)57-54(45)49/h1-36H. The van der Waals surface area contributed by atoms with Crippen LogP contribution in [0.2, 0.25) is 0 Å². The maximum absolute atomic E-state index is 2.41. The first kappa shape index (κ1) is 33.2. The van der Waals surface area contributed by atoms with Crippen molar-refractivity contribution in [2.24, 2.45) is 0 Å². The zero-order chi connectivity index (χ0) is 37.7. The van der Waals surface area contributed by atoms with E-state index >= 15 is 0 Å². The van der Waals surface area contributed by atoms with Gasteiger partial charge in [0.1, 0.15) is 0 Å². The number of benzene rings is 9. The molecule has 0 N–H and O–H groups in total. The van der Waals surface area contributed by atoms with Crippen LogP contribution in [-0.2, 0) is 0 Å². The van der Waals surface area contributed by atoms with Crippen molar-refractivity contribution in [1.29, 1.82) is 0 Å². The lowest BCUT2D eigenvalue weighted by atomic mass is 9.97. The third-order valence-electron chi connectivity index (χ3n) is 11.2. The summed E-state index contributed by atoms with van der Waals surface area (Å²) in [6.45, 7) is 0. The third kappa shape index (κ3) is 5.71. The molecule has 2 heterocycles. The highest BCUT2D eigenvalue weighted by Crippen LogP contribution is 2.44. The SMILES string of the molecule is c1ccc(-c2ccccc2N(c2ccc(-c3cccc(-c4cccc5c4sc4ccccc45)c3)cc2)c2ccc3c4ccccc4n(-c4ccccc4)c3c2)cc1. The smallest absolute Gasteiger partial charge is 0.0561 e. The van der Waals surface area contributed by atoms with Crippen LogP contribution in [0.3, 0.4) is 0 Å². The molecule has 11 rings (SSSR count). The second-order valence-corrected chi connectivity index (χ2v) is 15.6. The van der Waals surface area contributed by atoms with Crippen molar-refractivity contribution in [3.05, 3.63) is 218 Å². The zero-order valence-electron chi connectivity index (χ0n) is 31.1. The lowest BCUT2D eigenvalue weighted by Gasteiger charge is -2.28. The monoisotopic (exact) mass is 744 g/mol. The molecule has 2 nitrogen and oxygen atoms in total. The Labute approximate surface area is 335 Å². The summed E-state index contributed by atoms with van der Waals surface area (Å²) in [5.41, 5.74) is 14.1. The number of aromatic nitrogens is 1. The van der Waals surface area contributed by atoms with Crippen molar-refractivity contribution >= 4 is 70.4 Å².